The third-order valence-electron chi connectivity index (χ3n) is 4.58. The third-order valence-corrected chi connectivity index (χ3v) is 4.58. The van der Waals surface area contributed by atoms with Gasteiger partial charge in [0.1, 0.15) is 27.4 Å². The van der Waals surface area contributed by atoms with Crippen LogP contribution in [0.5, 0.6) is 0 Å². The minimum atomic E-state index is -0.583. The fourth-order valence-electron chi connectivity index (χ4n) is 3.43. The van der Waals surface area contributed by atoms with Crippen molar-refractivity contribution in [2.45, 2.75) is 25.3 Å². The van der Waals surface area contributed by atoms with E-state index < -0.39 is 9.85 Å². The first-order valence-corrected chi connectivity index (χ1v) is 8.05. The van der Waals surface area contributed by atoms with Gasteiger partial charge in [0.25, 0.3) is 0 Å². The Labute approximate surface area is 146 Å². The second kappa shape index (κ2) is 6.14. The van der Waals surface area contributed by atoms with Crippen LogP contribution in [0.25, 0.3) is 6.08 Å². The highest BCUT2D eigenvalue weighted by atomic mass is 16.7. The molecule has 0 bridgehead atoms. The minimum absolute atomic E-state index is 0.0192. The summed E-state index contributed by atoms with van der Waals surface area (Å²) in [6, 6.07) is 5.50. The number of hydrogen-bond acceptors (Lipinski definition) is 8. The number of allylic oxidation sites excluding steroid dienone is 1. The molecule has 3 heterocycles. The number of hydrazone groups is 1. The maximum atomic E-state index is 10.8. The van der Waals surface area contributed by atoms with Crippen LogP contribution in [0.15, 0.2) is 43.8 Å². The van der Waals surface area contributed by atoms with Crippen molar-refractivity contribution in [3.63, 3.8) is 0 Å². The Morgan fingerprint density at radius 2 is 1.85 bits per heavy atom. The lowest BCUT2D eigenvalue weighted by atomic mass is 9.79. The third kappa shape index (κ3) is 2.75. The summed E-state index contributed by atoms with van der Waals surface area (Å²) in [6.07, 6.45) is 4.29. The van der Waals surface area contributed by atoms with Gasteiger partial charge in [0.2, 0.25) is 0 Å². The largest absolute Gasteiger partial charge is 0.433 e. The van der Waals surface area contributed by atoms with Crippen LogP contribution in [0.2, 0.25) is 0 Å². The summed E-state index contributed by atoms with van der Waals surface area (Å²) in [6.45, 7) is 0. The molecule has 2 aromatic heterocycles. The normalized spacial score (nSPS) is 23.4. The number of nitrogens with one attached hydrogen (secondary N) is 1. The van der Waals surface area contributed by atoms with Crippen LogP contribution in [0, 0.1) is 26.1 Å². The van der Waals surface area contributed by atoms with Crippen LogP contribution < -0.4 is 5.43 Å². The molecule has 4 rings (SSSR count). The summed E-state index contributed by atoms with van der Waals surface area (Å²) in [7, 11) is 0. The molecule has 2 unspecified atom stereocenters. The monoisotopic (exact) mass is 358 g/mol. The summed E-state index contributed by atoms with van der Waals surface area (Å²) in [4.78, 5) is 20.4. The molecule has 0 radical (unpaired) electrons. The molecular weight excluding hydrogens is 344 g/mol. The molecule has 1 aliphatic heterocycles. The van der Waals surface area contributed by atoms with E-state index in [-0.39, 0.29) is 23.7 Å². The van der Waals surface area contributed by atoms with Crippen molar-refractivity contribution in [1.82, 2.24) is 5.43 Å². The van der Waals surface area contributed by atoms with Crippen LogP contribution in [0.3, 0.4) is 0 Å². The van der Waals surface area contributed by atoms with Gasteiger partial charge in [0.15, 0.2) is 0 Å². The lowest BCUT2D eigenvalue weighted by molar-refractivity contribution is -0.402. The molecule has 0 aromatic carbocycles. The fraction of sp³-hybridized carbons (Fsp3) is 0.312. The predicted octanol–water partition coefficient (Wildman–Crippen LogP) is 3.57. The maximum absolute atomic E-state index is 10.8. The molecule has 2 aromatic rings. The van der Waals surface area contributed by atoms with Gasteiger partial charge in [0.05, 0.1) is 17.8 Å². The Kier molecular flexibility index (Phi) is 3.79. The molecule has 26 heavy (non-hydrogen) atoms. The van der Waals surface area contributed by atoms with Gasteiger partial charge in [-0.2, -0.15) is 5.10 Å². The summed E-state index contributed by atoms with van der Waals surface area (Å²) in [5.74, 6) is 0.273. The highest BCUT2D eigenvalue weighted by Crippen LogP contribution is 2.40. The number of nitrogens with zero attached hydrogens (tertiary/aromatic N) is 3. The van der Waals surface area contributed by atoms with Crippen molar-refractivity contribution in [2.24, 2.45) is 11.0 Å². The highest BCUT2D eigenvalue weighted by molar-refractivity contribution is 6.06. The fourth-order valence-corrected chi connectivity index (χ4v) is 3.43. The number of rotatable bonds is 4. The number of nitro groups is 2. The molecule has 2 atom stereocenters. The summed E-state index contributed by atoms with van der Waals surface area (Å²) < 4.78 is 10.5. The van der Waals surface area contributed by atoms with E-state index >= 15 is 0 Å². The number of furan rings is 2. The highest BCUT2D eigenvalue weighted by Gasteiger charge is 2.39. The smallest absolute Gasteiger partial charge is 0.404 e. The van der Waals surface area contributed by atoms with E-state index in [1.54, 1.807) is 18.2 Å². The predicted molar refractivity (Wildman–Crippen MR) is 89.4 cm³/mol. The van der Waals surface area contributed by atoms with Crippen LogP contribution >= 0.6 is 0 Å². The van der Waals surface area contributed by atoms with Crippen molar-refractivity contribution in [2.75, 3.05) is 0 Å². The molecule has 2 aliphatic rings. The standard InChI is InChI=1S/C16H14N4O6/c21-19(22)13-6-4-10(25-13)8-9-2-1-3-11-15(9)17-18-16(11)12-5-7-14(26-12)20(23)24/h4-8,11,16,18H,1-3H2/b9-8+. The molecular formula is C16H14N4O6. The average Bonchev–Trinajstić information content (AvgIpc) is 3.33. The number of fused-ring (bicyclic) bond motifs is 1. The molecule has 1 aliphatic carbocycles. The van der Waals surface area contributed by atoms with Crippen LogP contribution in [0.1, 0.15) is 36.8 Å². The van der Waals surface area contributed by atoms with Gasteiger partial charge in [-0.3, -0.25) is 25.7 Å². The Balaban J connectivity index is 1.58. The van der Waals surface area contributed by atoms with Crippen LogP contribution in [0.4, 0.5) is 11.8 Å². The molecule has 10 heteroatoms. The maximum Gasteiger partial charge on any atom is 0.433 e. The molecule has 1 N–H and O–H groups in total. The van der Waals surface area contributed by atoms with Crippen molar-refractivity contribution in [1.29, 1.82) is 0 Å². The van der Waals surface area contributed by atoms with Crippen molar-refractivity contribution >= 4 is 23.6 Å². The molecule has 0 saturated heterocycles. The molecule has 1 saturated carbocycles. The zero-order valence-corrected chi connectivity index (χ0v) is 13.5. The van der Waals surface area contributed by atoms with Crippen molar-refractivity contribution in [3.05, 3.63) is 61.6 Å². The van der Waals surface area contributed by atoms with Gasteiger partial charge in [-0.1, -0.05) is 0 Å². The zero-order chi connectivity index (χ0) is 18.3. The summed E-state index contributed by atoms with van der Waals surface area (Å²) >= 11 is 0. The topological polar surface area (TPSA) is 137 Å². The van der Waals surface area contributed by atoms with Gasteiger partial charge < -0.3 is 8.83 Å². The Morgan fingerprint density at radius 1 is 1.12 bits per heavy atom. The summed E-state index contributed by atoms with van der Waals surface area (Å²) in [5.41, 5.74) is 4.76. The van der Waals surface area contributed by atoms with E-state index in [9.17, 15) is 20.2 Å². The lowest BCUT2D eigenvalue weighted by Crippen LogP contribution is -2.25. The minimum Gasteiger partial charge on any atom is -0.404 e. The van der Waals surface area contributed by atoms with Crippen LogP contribution in [-0.4, -0.2) is 15.6 Å². The number of hydrogen-bond donors (Lipinski definition) is 1. The Bertz CT molecular complexity index is 940. The van der Waals surface area contributed by atoms with Crippen LogP contribution in [-0.2, 0) is 0 Å². The zero-order valence-electron chi connectivity index (χ0n) is 13.5. The van der Waals surface area contributed by atoms with Gasteiger partial charge >= 0.3 is 11.8 Å². The van der Waals surface area contributed by atoms with E-state index in [2.05, 4.69) is 10.5 Å². The summed E-state index contributed by atoms with van der Waals surface area (Å²) in [5, 5.41) is 25.9. The van der Waals surface area contributed by atoms with Gasteiger partial charge in [-0.25, -0.2) is 0 Å². The van der Waals surface area contributed by atoms with Gasteiger partial charge in [-0.15, -0.1) is 0 Å². The van der Waals surface area contributed by atoms with Crippen molar-refractivity contribution < 1.29 is 18.7 Å². The van der Waals surface area contributed by atoms with E-state index in [0.29, 0.717) is 11.5 Å². The Hall–Kier alpha value is -3.43. The first-order valence-electron chi connectivity index (χ1n) is 8.05. The van der Waals surface area contributed by atoms with Gasteiger partial charge in [0, 0.05) is 5.92 Å². The first kappa shape index (κ1) is 16.1. The quantitative estimate of drug-likeness (QED) is 0.651. The molecule has 0 spiro atoms. The molecule has 134 valence electrons. The van der Waals surface area contributed by atoms with E-state index in [4.69, 9.17) is 8.83 Å². The molecule has 1 fully saturated rings. The second-order valence-corrected chi connectivity index (χ2v) is 6.14. The Morgan fingerprint density at radius 3 is 2.54 bits per heavy atom. The average molecular weight is 358 g/mol. The first-order chi connectivity index (χ1) is 12.5. The molecule has 10 nitrogen and oxygen atoms in total. The lowest BCUT2D eigenvalue weighted by Gasteiger charge is -2.24. The van der Waals surface area contributed by atoms with Crippen molar-refractivity contribution in [3.8, 4) is 0 Å². The second-order valence-electron chi connectivity index (χ2n) is 6.14. The SMILES string of the molecule is O=[N+]([O-])c1ccc(/C=C2\CCCC3C2=NNC3c2ccc([N+](=O)[O-])o2)o1. The van der Waals surface area contributed by atoms with E-state index in [0.717, 1.165) is 30.5 Å². The van der Waals surface area contributed by atoms with E-state index in [1.807, 2.05) is 0 Å². The van der Waals surface area contributed by atoms with E-state index in [1.165, 1.54) is 12.1 Å². The molecule has 0 amide bonds. The van der Waals surface area contributed by atoms with Gasteiger partial charge in [-0.05, 0) is 43.0 Å².